The Morgan fingerprint density at radius 3 is 2.53 bits per heavy atom. The third-order valence-electron chi connectivity index (χ3n) is 3.32. The summed E-state index contributed by atoms with van der Waals surface area (Å²) in [5, 5.41) is 12.9. The van der Waals surface area contributed by atoms with Crippen molar-refractivity contribution >= 4 is 5.91 Å². The van der Waals surface area contributed by atoms with E-state index in [9.17, 15) is 9.90 Å². The zero-order valence-corrected chi connectivity index (χ0v) is 12.6. The van der Waals surface area contributed by atoms with Crippen LogP contribution in [-0.2, 0) is 10.2 Å². The molecule has 0 aliphatic rings. The van der Waals surface area contributed by atoms with Gasteiger partial charge in [-0.25, -0.2) is 0 Å². The fraction of sp³-hybridized carbons (Fsp3) is 0.562. The summed E-state index contributed by atoms with van der Waals surface area (Å²) in [4.78, 5) is 11.2. The number of amides is 1. The SMILES string of the molecule is CCC(=O)NCC(O)c1cc(C(C)(C)C)ccc1C. The van der Waals surface area contributed by atoms with E-state index < -0.39 is 6.10 Å². The third kappa shape index (κ3) is 4.35. The van der Waals surface area contributed by atoms with Crippen molar-refractivity contribution < 1.29 is 9.90 Å². The molecular formula is C16H25NO2. The molecule has 0 bridgehead atoms. The van der Waals surface area contributed by atoms with Gasteiger partial charge in [0.05, 0.1) is 6.10 Å². The van der Waals surface area contributed by atoms with Gasteiger partial charge in [0, 0.05) is 13.0 Å². The van der Waals surface area contributed by atoms with Gasteiger partial charge in [0.2, 0.25) is 5.91 Å². The molecule has 19 heavy (non-hydrogen) atoms. The second kappa shape index (κ2) is 6.20. The molecule has 1 aromatic carbocycles. The van der Waals surface area contributed by atoms with Crippen molar-refractivity contribution in [2.24, 2.45) is 0 Å². The Labute approximate surface area is 116 Å². The Bertz CT molecular complexity index is 447. The van der Waals surface area contributed by atoms with Gasteiger partial charge in [-0.15, -0.1) is 0 Å². The first-order valence-corrected chi connectivity index (χ1v) is 6.81. The molecule has 1 rings (SSSR count). The molecule has 0 saturated carbocycles. The van der Waals surface area contributed by atoms with Gasteiger partial charge in [0.1, 0.15) is 0 Å². The van der Waals surface area contributed by atoms with Gasteiger partial charge in [0.15, 0.2) is 0 Å². The summed E-state index contributed by atoms with van der Waals surface area (Å²) in [6.45, 7) is 10.5. The highest BCUT2D eigenvalue weighted by Gasteiger charge is 2.18. The molecule has 0 saturated heterocycles. The van der Waals surface area contributed by atoms with E-state index in [4.69, 9.17) is 0 Å². The number of carbonyl (C=O) groups excluding carboxylic acids is 1. The monoisotopic (exact) mass is 263 g/mol. The lowest BCUT2D eigenvalue weighted by Gasteiger charge is -2.22. The van der Waals surface area contributed by atoms with Crippen LogP contribution in [0.25, 0.3) is 0 Å². The predicted molar refractivity (Wildman–Crippen MR) is 78.1 cm³/mol. The molecule has 1 amide bonds. The fourth-order valence-corrected chi connectivity index (χ4v) is 1.91. The lowest BCUT2D eigenvalue weighted by atomic mass is 9.84. The molecule has 0 radical (unpaired) electrons. The maximum absolute atomic E-state index is 11.2. The number of aliphatic hydroxyl groups is 1. The summed E-state index contributed by atoms with van der Waals surface area (Å²) in [6, 6.07) is 6.16. The van der Waals surface area contributed by atoms with Crippen LogP contribution < -0.4 is 5.32 Å². The zero-order chi connectivity index (χ0) is 14.6. The van der Waals surface area contributed by atoms with E-state index in [0.29, 0.717) is 6.42 Å². The standard InChI is InChI=1S/C16H25NO2/c1-6-15(19)17-10-14(18)13-9-12(16(3,4)5)8-7-11(13)2/h7-9,14,18H,6,10H2,1-5H3,(H,17,19). The van der Waals surface area contributed by atoms with E-state index in [2.05, 4.69) is 32.2 Å². The Hall–Kier alpha value is -1.35. The summed E-state index contributed by atoms with van der Waals surface area (Å²) in [5.41, 5.74) is 3.18. The number of benzene rings is 1. The molecule has 1 unspecified atom stereocenters. The summed E-state index contributed by atoms with van der Waals surface area (Å²) in [5.74, 6) is -0.0383. The maximum Gasteiger partial charge on any atom is 0.219 e. The predicted octanol–water partition coefficient (Wildman–Crippen LogP) is 2.85. The largest absolute Gasteiger partial charge is 0.387 e. The zero-order valence-electron chi connectivity index (χ0n) is 12.6. The van der Waals surface area contributed by atoms with Gasteiger partial charge in [-0.05, 0) is 29.0 Å². The first kappa shape index (κ1) is 15.7. The minimum Gasteiger partial charge on any atom is -0.387 e. The van der Waals surface area contributed by atoms with Gasteiger partial charge in [-0.3, -0.25) is 4.79 Å². The van der Waals surface area contributed by atoms with Crippen LogP contribution in [0, 0.1) is 6.92 Å². The molecule has 0 aliphatic carbocycles. The van der Waals surface area contributed by atoms with Crippen LogP contribution >= 0.6 is 0 Å². The van der Waals surface area contributed by atoms with Crippen LogP contribution in [0.15, 0.2) is 18.2 Å². The number of carbonyl (C=O) groups is 1. The van der Waals surface area contributed by atoms with Crippen molar-refractivity contribution in [3.05, 3.63) is 34.9 Å². The molecule has 0 spiro atoms. The van der Waals surface area contributed by atoms with Crippen LogP contribution in [0.2, 0.25) is 0 Å². The topological polar surface area (TPSA) is 49.3 Å². The molecule has 0 aliphatic heterocycles. The van der Waals surface area contributed by atoms with Gasteiger partial charge >= 0.3 is 0 Å². The van der Waals surface area contributed by atoms with E-state index in [0.717, 1.165) is 11.1 Å². The van der Waals surface area contributed by atoms with Crippen molar-refractivity contribution in [3.63, 3.8) is 0 Å². The summed E-state index contributed by atoms with van der Waals surface area (Å²) >= 11 is 0. The van der Waals surface area contributed by atoms with E-state index in [1.165, 1.54) is 5.56 Å². The molecule has 1 atom stereocenters. The number of aliphatic hydroxyl groups excluding tert-OH is 1. The maximum atomic E-state index is 11.2. The van der Waals surface area contributed by atoms with E-state index in [1.807, 2.05) is 19.1 Å². The minimum absolute atomic E-state index is 0.0383. The summed E-state index contributed by atoms with van der Waals surface area (Å²) in [7, 11) is 0. The van der Waals surface area contributed by atoms with Crippen LogP contribution in [0.5, 0.6) is 0 Å². The van der Waals surface area contributed by atoms with Crippen molar-refractivity contribution in [1.82, 2.24) is 5.32 Å². The molecular weight excluding hydrogens is 238 g/mol. The highest BCUT2D eigenvalue weighted by atomic mass is 16.3. The third-order valence-corrected chi connectivity index (χ3v) is 3.32. The number of aryl methyl sites for hydroxylation is 1. The van der Waals surface area contributed by atoms with Crippen molar-refractivity contribution in [1.29, 1.82) is 0 Å². The van der Waals surface area contributed by atoms with Crippen LogP contribution in [0.3, 0.4) is 0 Å². The molecule has 3 nitrogen and oxygen atoms in total. The van der Waals surface area contributed by atoms with Gasteiger partial charge < -0.3 is 10.4 Å². The Balaban J connectivity index is 2.89. The van der Waals surface area contributed by atoms with Crippen LogP contribution in [-0.4, -0.2) is 17.6 Å². The van der Waals surface area contributed by atoms with E-state index in [1.54, 1.807) is 6.92 Å². The van der Waals surface area contributed by atoms with Crippen molar-refractivity contribution in [2.75, 3.05) is 6.54 Å². The second-order valence-corrected chi connectivity index (χ2v) is 5.99. The molecule has 0 heterocycles. The Morgan fingerprint density at radius 1 is 1.37 bits per heavy atom. The summed E-state index contributed by atoms with van der Waals surface area (Å²) < 4.78 is 0. The minimum atomic E-state index is -0.655. The van der Waals surface area contributed by atoms with Gasteiger partial charge in [-0.2, -0.15) is 0 Å². The summed E-state index contributed by atoms with van der Waals surface area (Å²) in [6.07, 6.45) is -0.217. The lowest BCUT2D eigenvalue weighted by molar-refractivity contribution is -0.121. The number of hydrogen-bond acceptors (Lipinski definition) is 2. The average Bonchev–Trinajstić information content (AvgIpc) is 2.34. The van der Waals surface area contributed by atoms with Crippen LogP contribution in [0.4, 0.5) is 0 Å². The normalized spacial score (nSPS) is 13.2. The average molecular weight is 263 g/mol. The molecule has 0 fully saturated rings. The molecule has 1 aromatic rings. The van der Waals surface area contributed by atoms with Crippen molar-refractivity contribution in [2.45, 2.75) is 52.6 Å². The van der Waals surface area contributed by atoms with Crippen LogP contribution in [0.1, 0.15) is 56.9 Å². The van der Waals surface area contributed by atoms with Crippen molar-refractivity contribution in [3.8, 4) is 0 Å². The molecule has 2 N–H and O–H groups in total. The molecule has 0 aromatic heterocycles. The number of hydrogen-bond donors (Lipinski definition) is 2. The Kier molecular flexibility index (Phi) is 5.12. The highest BCUT2D eigenvalue weighted by Crippen LogP contribution is 2.27. The first-order valence-electron chi connectivity index (χ1n) is 6.81. The van der Waals surface area contributed by atoms with Gasteiger partial charge in [-0.1, -0.05) is 45.9 Å². The number of nitrogens with one attached hydrogen (secondary N) is 1. The smallest absolute Gasteiger partial charge is 0.219 e. The fourth-order valence-electron chi connectivity index (χ4n) is 1.91. The molecule has 3 heteroatoms. The molecule has 106 valence electrons. The number of rotatable bonds is 4. The first-order chi connectivity index (χ1) is 8.75. The Morgan fingerprint density at radius 2 is 2.00 bits per heavy atom. The van der Waals surface area contributed by atoms with E-state index >= 15 is 0 Å². The highest BCUT2D eigenvalue weighted by molar-refractivity contribution is 5.75. The lowest BCUT2D eigenvalue weighted by Crippen LogP contribution is -2.28. The second-order valence-electron chi connectivity index (χ2n) is 5.99. The van der Waals surface area contributed by atoms with E-state index in [-0.39, 0.29) is 17.9 Å². The van der Waals surface area contributed by atoms with Gasteiger partial charge in [0.25, 0.3) is 0 Å². The quantitative estimate of drug-likeness (QED) is 0.877.